The van der Waals surface area contributed by atoms with Crippen molar-refractivity contribution in [2.45, 2.75) is 25.7 Å². The third-order valence-corrected chi connectivity index (χ3v) is 4.51. The first-order valence-electron chi connectivity index (χ1n) is 8.47. The summed E-state index contributed by atoms with van der Waals surface area (Å²) in [6, 6.07) is 7.22. The number of carbonyl (C=O) groups is 1. The van der Waals surface area contributed by atoms with E-state index in [0.717, 1.165) is 52.2 Å². The van der Waals surface area contributed by atoms with E-state index < -0.39 is 0 Å². The number of nitrogens with zero attached hydrogens (tertiary/aromatic N) is 2. The first-order valence-corrected chi connectivity index (χ1v) is 8.84. The number of hydrogen-bond donors (Lipinski definition) is 0. The van der Waals surface area contributed by atoms with Gasteiger partial charge in [-0.2, -0.15) is 0 Å². The molecule has 1 heterocycles. The molecule has 0 atom stereocenters. The van der Waals surface area contributed by atoms with Crippen molar-refractivity contribution in [3.8, 4) is 0 Å². The molecule has 5 heteroatoms. The minimum Gasteiger partial charge on any atom is -0.385 e. The minimum absolute atomic E-state index is 0.0921. The molecule has 23 heavy (non-hydrogen) atoms. The normalized spacial score (nSPS) is 16.3. The molecule has 0 bridgehead atoms. The van der Waals surface area contributed by atoms with Gasteiger partial charge in [-0.25, -0.2) is 0 Å². The van der Waals surface area contributed by atoms with Crippen molar-refractivity contribution in [1.29, 1.82) is 0 Å². The van der Waals surface area contributed by atoms with Crippen molar-refractivity contribution in [1.82, 2.24) is 9.80 Å². The van der Waals surface area contributed by atoms with Gasteiger partial charge in [-0.05, 0) is 57.0 Å². The van der Waals surface area contributed by atoms with Crippen LogP contribution in [-0.4, -0.2) is 62.1 Å². The van der Waals surface area contributed by atoms with E-state index in [9.17, 15) is 4.79 Å². The van der Waals surface area contributed by atoms with E-state index in [1.165, 1.54) is 12.8 Å². The fraction of sp³-hybridized carbons (Fsp3) is 0.611. The van der Waals surface area contributed by atoms with Gasteiger partial charge in [-0.3, -0.25) is 4.79 Å². The fourth-order valence-electron chi connectivity index (χ4n) is 2.96. The maximum atomic E-state index is 12.6. The Morgan fingerprint density at radius 1 is 1.17 bits per heavy atom. The third-order valence-electron chi connectivity index (χ3n) is 4.27. The number of unbranched alkanes of at least 4 members (excludes halogenated alkanes) is 2. The Balaban J connectivity index is 1.78. The maximum Gasteiger partial charge on any atom is 0.253 e. The van der Waals surface area contributed by atoms with E-state index in [4.69, 9.17) is 16.3 Å². The highest BCUT2D eigenvalue weighted by atomic mass is 35.5. The monoisotopic (exact) mass is 338 g/mol. The Labute approximate surface area is 144 Å². The average Bonchev–Trinajstić information content (AvgIpc) is 2.80. The highest BCUT2D eigenvalue weighted by Gasteiger charge is 2.20. The molecule has 1 aromatic rings. The molecule has 1 aromatic carbocycles. The van der Waals surface area contributed by atoms with Crippen LogP contribution in [0.15, 0.2) is 24.3 Å². The van der Waals surface area contributed by atoms with Crippen molar-refractivity contribution < 1.29 is 9.53 Å². The number of ether oxygens (including phenoxy) is 1. The van der Waals surface area contributed by atoms with Crippen LogP contribution in [0.1, 0.15) is 36.0 Å². The lowest BCUT2D eigenvalue weighted by Gasteiger charge is -2.22. The van der Waals surface area contributed by atoms with Crippen molar-refractivity contribution in [3.63, 3.8) is 0 Å². The van der Waals surface area contributed by atoms with Crippen LogP contribution in [0.4, 0.5) is 0 Å². The first-order chi connectivity index (χ1) is 11.2. The molecule has 0 saturated carbocycles. The molecule has 1 amide bonds. The van der Waals surface area contributed by atoms with Crippen LogP contribution in [0.2, 0.25) is 5.02 Å². The van der Waals surface area contributed by atoms with E-state index >= 15 is 0 Å². The zero-order valence-electron chi connectivity index (χ0n) is 14.0. The molecule has 0 spiro atoms. The summed E-state index contributed by atoms with van der Waals surface area (Å²) in [6.07, 6.45) is 4.56. The van der Waals surface area contributed by atoms with E-state index in [0.29, 0.717) is 10.6 Å². The average molecular weight is 339 g/mol. The van der Waals surface area contributed by atoms with Crippen LogP contribution in [0.5, 0.6) is 0 Å². The maximum absolute atomic E-state index is 12.6. The lowest BCUT2D eigenvalue weighted by atomic mass is 10.2. The molecular weight excluding hydrogens is 312 g/mol. The predicted octanol–water partition coefficient (Wildman–Crippen LogP) is 3.30. The van der Waals surface area contributed by atoms with Crippen LogP contribution in [-0.2, 0) is 4.74 Å². The number of amides is 1. The summed E-state index contributed by atoms with van der Waals surface area (Å²) in [5.41, 5.74) is 0.686. The molecule has 2 rings (SSSR count). The van der Waals surface area contributed by atoms with Crippen molar-refractivity contribution in [2.75, 3.05) is 46.4 Å². The van der Waals surface area contributed by atoms with Crippen LogP contribution >= 0.6 is 11.6 Å². The summed E-state index contributed by atoms with van der Waals surface area (Å²) in [6.45, 7) is 5.61. The van der Waals surface area contributed by atoms with Crippen molar-refractivity contribution >= 4 is 17.5 Å². The second-order valence-corrected chi connectivity index (χ2v) is 6.49. The number of methoxy groups -OCH3 is 1. The number of rotatable bonds is 7. The first kappa shape index (κ1) is 18.2. The van der Waals surface area contributed by atoms with Crippen LogP contribution in [0, 0.1) is 0 Å². The minimum atomic E-state index is 0.0921. The summed E-state index contributed by atoms with van der Waals surface area (Å²) < 4.78 is 5.08. The molecule has 1 fully saturated rings. The van der Waals surface area contributed by atoms with E-state index in [1.54, 1.807) is 19.2 Å². The van der Waals surface area contributed by atoms with Gasteiger partial charge >= 0.3 is 0 Å². The standard InChI is InChI=1S/C18H27ClN2O2/c1-23-14-4-2-3-9-20-10-6-11-21(13-12-20)18(22)16-7-5-8-17(19)15-16/h5,7-8,15H,2-4,6,9-14H2,1H3. The zero-order valence-corrected chi connectivity index (χ0v) is 14.7. The Kier molecular flexibility index (Phi) is 7.86. The van der Waals surface area contributed by atoms with E-state index in [1.807, 2.05) is 17.0 Å². The Morgan fingerprint density at radius 2 is 2.04 bits per heavy atom. The summed E-state index contributed by atoms with van der Waals surface area (Å²) >= 11 is 5.99. The summed E-state index contributed by atoms with van der Waals surface area (Å²) in [7, 11) is 1.75. The fourth-order valence-corrected chi connectivity index (χ4v) is 3.15. The van der Waals surface area contributed by atoms with E-state index in [2.05, 4.69) is 4.90 Å². The van der Waals surface area contributed by atoms with Crippen LogP contribution in [0.25, 0.3) is 0 Å². The number of halogens is 1. The molecule has 0 unspecified atom stereocenters. The van der Waals surface area contributed by atoms with Gasteiger partial charge in [-0.15, -0.1) is 0 Å². The SMILES string of the molecule is COCCCCCN1CCCN(C(=O)c2cccc(Cl)c2)CC1. The van der Waals surface area contributed by atoms with Gasteiger partial charge in [0.2, 0.25) is 0 Å². The van der Waals surface area contributed by atoms with Gasteiger partial charge in [-0.1, -0.05) is 17.7 Å². The topological polar surface area (TPSA) is 32.8 Å². The number of carbonyl (C=O) groups excluding carboxylic acids is 1. The van der Waals surface area contributed by atoms with Gasteiger partial charge < -0.3 is 14.5 Å². The second-order valence-electron chi connectivity index (χ2n) is 6.05. The van der Waals surface area contributed by atoms with Gasteiger partial charge in [0.05, 0.1) is 0 Å². The molecule has 4 nitrogen and oxygen atoms in total. The summed E-state index contributed by atoms with van der Waals surface area (Å²) in [5, 5.41) is 0.614. The summed E-state index contributed by atoms with van der Waals surface area (Å²) in [5.74, 6) is 0.0921. The zero-order chi connectivity index (χ0) is 16.5. The molecule has 0 aliphatic carbocycles. The second kappa shape index (κ2) is 9.91. The number of benzene rings is 1. The highest BCUT2D eigenvalue weighted by Crippen LogP contribution is 2.14. The summed E-state index contributed by atoms with van der Waals surface area (Å²) in [4.78, 5) is 17.0. The molecule has 128 valence electrons. The van der Waals surface area contributed by atoms with Gasteiger partial charge in [0.25, 0.3) is 5.91 Å². The Morgan fingerprint density at radius 3 is 2.83 bits per heavy atom. The molecule has 1 aliphatic rings. The Hall–Kier alpha value is -1.10. The predicted molar refractivity (Wildman–Crippen MR) is 94.1 cm³/mol. The quantitative estimate of drug-likeness (QED) is 0.715. The van der Waals surface area contributed by atoms with Crippen LogP contribution in [0.3, 0.4) is 0 Å². The molecule has 1 saturated heterocycles. The molecule has 0 N–H and O–H groups in total. The van der Waals surface area contributed by atoms with Gasteiger partial charge in [0, 0.05) is 43.9 Å². The van der Waals surface area contributed by atoms with Crippen LogP contribution < -0.4 is 0 Å². The van der Waals surface area contributed by atoms with Crippen molar-refractivity contribution in [2.24, 2.45) is 0 Å². The molecule has 0 radical (unpaired) electrons. The lowest BCUT2D eigenvalue weighted by molar-refractivity contribution is 0.0761. The largest absolute Gasteiger partial charge is 0.385 e. The smallest absolute Gasteiger partial charge is 0.253 e. The molecule has 1 aliphatic heterocycles. The lowest BCUT2D eigenvalue weighted by Crippen LogP contribution is -2.35. The van der Waals surface area contributed by atoms with Gasteiger partial charge in [0.15, 0.2) is 0 Å². The van der Waals surface area contributed by atoms with Crippen molar-refractivity contribution in [3.05, 3.63) is 34.9 Å². The number of hydrogen-bond acceptors (Lipinski definition) is 3. The molecular formula is C18H27ClN2O2. The molecule has 0 aromatic heterocycles. The highest BCUT2D eigenvalue weighted by molar-refractivity contribution is 6.30. The van der Waals surface area contributed by atoms with Gasteiger partial charge in [0.1, 0.15) is 0 Å². The van der Waals surface area contributed by atoms with E-state index in [-0.39, 0.29) is 5.91 Å². The third kappa shape index (κ3) is 6.13. The Bertz CT molecular complexity index is 496.